The third kappa shape index (κ3) is 5.42. The average Bonchev–Trinajstić information content (AvgIpc) is 3.15. The van der Waals surface area contributed by atoms with Crippen molar-refractivity contribution in [3.8, 4) is 0 Å². The molecule has 0 radical (unpaired) electrons. The van der Waals surface area contributed by atoms with Gasteiger partial charge in [0, 0.05) is 20.3 Å². The van der Waals surface area contributed by atoms with E-state index < -0.39 is 5.60 Å². The Labute approximate surface area is 218 Å². The maximum atomic E-state index is 11.5. The summed E-state index contributed by atoms with van der Waals surface area (Å²) in [4.78, 5) is 22.6. The second-order valence-electron chi connectivity index (χ2n) is 13.6. The van der Waals surface area contributed by atoms with Gasteiger partial charge in [-0.15, -0.1) is 0 Å². The van der Waals surface area contributed by atoms with Gasteiger partial charge >= 0.3 is 11.9 Å². The number of carbonyl (C=O) groups excluding carboxylic acids is 2. The number of carbonyl (C=O) groups is 2. The van der Waals surface area contributed by atoms with Crippen LogP contribution < -0.4 is 0 Å². The highest BCUT2D eigenvalue weighted by atomic mass is 16.5. The Bertz CT molecular complexity index is 861. The van der Waals surface area contributed by atoms with E-state index in [9.17, 15) is 14.7 Å². The molecule has 0 aromatic carbocycles. The Kier molecular flexibility index (Phi) is 8.01. The van der Waals surface area contributed by atoms with Crippen molar-refractivity contribution < 1.29 is 24.2 Å². The van der Waals surface area contributed by atoms with E-state index in [1.165, 1.54) is 46.0 Å². The zero-order chi connectivity index (χ0) is 26.3. The highest BCUT2D eigenvalue weighted by Crippen LogP contribution is 2.67. The van der Waals surface area contributed by atoms with Crippen LogP contribution >= 0.6 is 0 Å². The second-order valence-corrected chi connectivity index (χ2v) is 13.6. The van der Waals surface area contributed by atoms with Crippen molar-refractivity contribution in [1.82, 2.24) is 0 Å². The van der Waals surface area contributed by atoms with Gasteiger partial charge in [-0.1, -0.05) is 45.3 Å². The molecule has 0 spiro atoms. The minimum Gasteiger partial charge on any atom is -0.463 e. The quantitative estimate of drug-likeness (QED) is 0.298. The number of allylic oxidation sites excluding steroid dienone is 1. The van der Waals surface area contributed by atoms with Gasteiger partial charge in [-0.3, -0.25) is 9.59 Å². The highest BCUT2D eigenvalue weighted by molar-refractivity contribution is 5.66. The summed E-state index contributed by atoms with van der Waals surface area (Å²) >= 11 is 0. The molecule has 0 amide bonds. The van der Waals surface area contributed by atoms with Gasteiger partial charge in [0.1, 0.15) is 12.7 Å². The first-order valence-electron chi connectivity index (χ1n) is 14.6. The van der Waals surface area contributed by atoms with Gasteiger partial charge in [0.2, 0.25) is 0 Å². The van der Waals surface area contributed by atoms with E-state index in [1.807, 2.05) is 0 Å². The first kappa shape index (κ1) is 27.7. The molecule has 0 aromatic heterocycles. The fourth-order valence-electron chi connectivity index (χ4n) is 9.27. The molecule has 3 fully saturated rings. The molecule has 0 heterocycles. The van der Waals surface area contributed by atoms with Crippen molar-refractivity contribution >= 4 is 11.9 Å². The highest BCUT2D eigenvalue weighted by Gasteiger charge is 2.59. The van der Waals surface area contributed by atoms with Gasteiger partial charge < -0.3 is 14.6 Å². The molecule has 0 bridgehead atoms. The molecule has 5 nitrogen and oxygen atoms in total. The van der Waals surface area contributed by atoms with Gasteiger partial charge in [0.25, 0.3) is 0 Å². The second kappa shape index (κ2) is 10.4. The van der Waals surface area contributed by atoms with Crippen LogP contribution in [0.1, 0.15) is 112 Å². The third-order valence-corrected chi connectivity index (χ3v) is 11.1. The molecule has 0 saturated heterocycles. The smallest absolute Gasteiger partial charge is 0.302 e. The van der Waals surface area contributed by atoms with Crippen LogP contribution in [-0.4, -0.2) is 35.4 Å². The topological polar surface area (TPSA) is 72.8 Å². The molecule has 0 aliphatic heterocycles. The Morgan fingerprint density at radius 1 is 1.11 bits per heavy atom. The van der Waals surface area contributed by atoms with Gasteiger partial charge in [0.05, 0.1) is 5.60 Å². The molecule has 1 unspecified atom stereocenters. The largest absolute Gasteiger partial charge is 0.463 e. The van der Waals surface area contributed by atoms with Crippen LogP contribution in [0.4, 0.5) is 0 Å². The molecule has 4 aliphatic carbocycles. The van der Waals surface area contributed by atoms with E-state index in [0.717, 1.165) is 55.8 Å². The van der Waals surface area contributed by atoms with Crippen LogP contribution in [0.3, 0.4) is 0 Å². The molecule has 36 heavy (non-hydrogen) atoms. The summed E-state index contributed by atoms with van der Waals surface area (Å²) < 4.78 is 10.7. The van der Waals surface area contributed by atoms with Gasteiger partial charge in [-0.25, -0.2) is 0 Å². The summed E-state index contributed by atoms with van der Waals surface area (Å²) in [5.41, 5.74) is 1.31. The fourth-order valence-corrected chi connectivity index (χ4v) is 9.27. The van der Waals surface area contributed by atoms with Crippen molar-refractivity contribution in [3.63, 3.8) is 0 Å². The maximum absolute atomic E-state index is 11.5. The first-order valence-corrected chi connectivity index (χ1v) is 14.6. The maximum Gasteiger partial charge on any atom is 0.302 e. The average molecular weight is 503 g/mol. The van der Waals surface area contributed by atoms with Crippen molar-refractivity contribution in [3.05, 3.63) is 11.6 Å². The van der Waals surface area contributed by atoms with Crippen LogP contribution in [-0.2, 0) is 19.1 Å². The molecule has 0 aromatic rings. The summed E-state index contributed by atoms with van der Waals surface area (Å²) in [7, 11) is 0. The van der Waals surface area contributed by atoms with Crippen LogP contribution in [0.15, 0.2) is 11.6 Å². The third-order valence-electron chi connectivity index (χ3n) is 11.1. The van der Waals surface area contributed by atoms with Crippen molar-refractivity contribution in [1.29, 1.82) is 0 Å². The molecule has 3 saturated carbocycles. The predicted octanol–water partition coefficient (Wildman–Crippen LogP) is 6.62. The molecule has 1 N–H and O–H groups in total. The Hall–Kier alpha value is -1.36. The number of hydrogen-bond acceptors (Lipinski definition) is 5. The van der Waals surface area contributed by atoms with Gasteiger partial charge in [0.15, 0.2) is 0 Å². The molecule has 9 atom stereocenters. The molecule has 204 valence electrons. The summed E-state index contributed by atoms with van der Waals surface area (Å²) in [6.45, 7) is 12.3. The summed E-state index contributed by atoms with van der Waals surface area (Å²) in [6, 6.07) is 0. The van der Waals surface area contributed by atoms with E-state index in [4.69, 9.17) is 9.47 Å². The fraction of sp³-hybridized carbons (Fsp3) is 0.871. The number of rotatable bonds is 8. The van der Waals surface area contributed by atoms with Crippen molar-refractivity contribution in [2.45, 2.75) is 124 Å². The number of aliphatic hydroxyl groups is 1. The van der Waals surface area contributed by atoms with E-state index in [-0.39, 0.29) is 30.1 Å². The Morgan fingerprint density at radius 3 is 2.56 bits per heavy atom. The van der Waals surface area contributed by atoms with Crippen LogP contribution in [0.5, 0.6) is 0 Å². The minimum atomic E-state index is -0.943. The van der Waals surface area contributed by atoms with E-state index >= 15 is 0 Å². The summed E-state index contributed by atoms with van der Waals surface area (Å²) in [5.74, 6) is 3.26. The van der Waals surface area contributed by atoms with Gasteiger partial charge in [-0.05, 0) is 98.7 Å². The lowest BCUT2D eigenvalue weighted by Gasteiger charge is -2.58. The monoisotopic (exact) mass is 502 g/mol. The molecular weight excluding hydrogens is 452 g/mol. The number of hydrogen-bond donors (Lipinski definition) is 1. The van der Waals surface area contributed by atoms with E-state index in [1.54, 1.807) is 12.5 Å². The number of ether oxygens (including phenoxy) is 2. The lowest BCUT2D eigenvalue weighted by molar-refractivity contribution is -0.149. The summed E-state index contributed by atoms with van der Waals surface area (Å²) in [5, 5.41) is 10.6. The number of fused-ring (bicyclic) bond motifs is 5. The Morgan fingerprint density at radius 2 is 1.86 bits per heavy atom. The lowest BCUT2D eigenvalue weighted by Crippen LogP contribution is -2.51. The lowest BCUT2D eigenvalue weighted by atomic mass is 9.47. The predicted molar refractivity (Wildman–Crippen MR) is 141 cm³/mol. The molecule has 4 aliphatic rings. The molecule has 4 rings (SSSR count). The van der Waals surface area contributed by atoms with Crippen molar-refractivity contribution in [2.24, 2.45) is 40.4 Å². The van der Waals surface area contributed by atoms with Crippen LogP contribution in [0.25, 0.3) is 0 Å². The normalized spacial score (nSPS) is 40.1. The van der Waals surface area contributed by atoms with Gasteiger partial charge in [-0.2, -0.15) is 0 Å². The minimum absolute atomic E-state index is 0.0683. The SMILES string of the molecule is CC(=O)OC[C@@](C)(O)CCC[C@@H](C)[C@H]1CC[C@H]2[C@@H]3CC=C4CC(OC(C)=O)CC[C@]4(C)[C@H]3CC[C@]12C. The summed E-state index contributed by atoms with van der Waals surface area (Å²) in [6.07, 6.45) is 15.0. The van der Waals surface area contributed by atoms with Crippen molar-refractivity contribution in [2.75, 3.05) is 6.61 Å². The number of esters is 2. The van der Waals surface area contributed by atoms with E-state index in [2.05, 4.69) is 26.8 Å². The van der Waals surface area contributed by atoms with Crippen LogP contribution in [0, 0.1) is 40.4 Å². The van der Waals surface area contributed by atoms with E-state index in [0.29, 0.717) is 17.8 Å². The first-order chi connectivity index (χ1) is 16.9. The molecular formula is C31H50O5. The zero-order valence-corrected chi connectivity index (χ0v) is 23.6. The zero-order valence-electron chi connectivity index (χ0n) is 23.6. The molecule has 5 heteroatoms. The van der Waals surface area contributed by atoms with Crippen LogP contribution in [0.2, 0.25) is 0 Å². The Balaban J connectivity index is 1.38. The standard InChI is InChI=1S/C31H50O5/c1-20(8-7-15-29(4,34)19-35-21(2)32)26-11-12-27-25-10-9-23-18-24(36-22(3)33)13-16-30(23,5)28(25)14-17-31(26,27)6/h9,20,24-28,34H,7-8,10-19H2,1-6H3/t20-,24?,25+,26-,27+,28+,29+,30+,31-/m1/s1.